The second-order valence-corrected chi connectivity index (χ2v) is 4.33. The molecule has 1 aromatic rings. The SMILES string of the molecule is NC1CC(NCc2ccc(OC(F)F)cc2)C1. The van der Waals surface area contributed by atoms with Gasteiger partial charge in [0.15, 0.2) is 0 Å². The molecule has 0 bridgehead atoms. The van der Waals surface area contributed by atoms with Crippen molar-refractivity contribution < 1.29 is 13.5 Å². The monoisotopic (exact) mass is 242 g/mol. The Labute approximate surface area is 98.9 Å². The first-order valence-corrected chi connectivity index (χ1v) is 5.66. The van der Waals surface area contributed by atoms with Crippen LogP contribution in [-0.2, 0) is 6.54 Å². The molecule has 1 saturated carbocycles. The van der Waals surface area contributed by atoms with Crippen LogP contribution in [0.25, 0.3) is 0 Å². The summed E-state index contributed by atoms with van der Waals surface area (Å²) in [6.07, 6.45) is 2.01. The van der Waals surface area contributed by atoms with E-state index in [1.165, 1.54) is 0 Å². The zero-order valence-corrected chi connectivity index (χ0v) is 9.40. The molecule has 1 aliphatic rings. The van der Waals surface area contributed by atoms with Crippen molar-refractivity contribution in [3.05, 3.63) is 29.8 Å². The largest absolute Gasteiger partial charge is 0.435 e. The van der Waals surface area contributed by atoms with Crippen molar-refractivity contribution in [2.75, 3.05) is 0 Å². The van der Waals surface area contributed by atoms with E-state index in [1.54, 1.807) is 24.3 Å². The molecule has 0 heterocycles. The van der Waals surface area contributed by atoms with Crippen LogP contribution in [0.3, 0.4) is 0 Å². The Hall–Kier alpha value is -1.20. The van der Waals surface area contributed by atoms with Gasteiger partial charge in [0.05, 0.1) is 0 Å². The molecular formula is C12H16F2N2O. The highest BCUT2D eigenvalue weighted by molar-refractivity contribution is 5.27. The van der Waals surface area contributed by atoms with Gasteiger partial charge in [-0.05, 0) is 30.5 Å². The Balaban J connectivity index is 1.77. The number of nitrogens with two attached hydrogens (primary N) is 1. The molecule has 94 valence electrons. The zero-order valence-electron chi connectivity index (χ0n) is 9.40. The van der Waals surface area contributed by atoms with E-state index in [1.807, 2.05) is 0 Å². The summed E-state index contributed by atoms with van der Waals surface area (Å²) in [5, 5.41) is 3.36. The Kier molecular flexibility index (Phi) is 3.91. The van der Waals surface area contributed by atoms with Crippen molar-refractivity contribution in [2.24, 2.45) is 5.73 Å². The summed E-state index contributed by atoms with van der Waals surface area (Å²) in [6, 6.07) is 7.48. The summed E-state index contributed by atoms with van der Waals surface area (Å²) in [4.78, 5) is 0. The zero-order chi connectivity index (χ0) is 12.3. The highest BCUT2D eigenvalue weighted by Gasteiger charge is 2.24. The highest BCUT2D eigenvalue weighted by atomic mass is 19.3. The lowest BCUT2D eigenvalue weighted by Crippen LogP contribution is -2.48. The summed E-state index contributed by atoms with van der Waals surface area (Å²) in [5.74, 6) is 0.189. The van der Waals surface area contributed by atoms with Crippen molar-refractivity contribution >= 4 is 0 Å². The second kappa shape index (κ2) is 5.42. The molecule has 5 heteroatoms. The number of benzene rings is 1. The van der Waals surface area contributed by atoms with Gasteiger partial charge < -0.3 is 15.8 Å². The minimum Gasteiger partial charge on any atom is -0.435 e. The molecule has 0 aromatic heterocycles. The number of nitrogens with one attached hydrogen (secondary N) is 1. The molecule has 1 aromatic carbocycles. The van der Waals surface area contributed by atoms with Crippen molar-refractivity contribution in [1.29, 1.82) is 0 Å². The van der Waals surface area contributed by atoms with E-state index < -0.39 is 6.61 Å². The Morgan fingerprint density at radius 3 is 2.47 bits per heavy atom. The number of alkyl halides is 2. The molecule has 3 nitrogen and oxygen atoms in total. The molecule has 3 N–H and O–H groups in total. The molecule has 0 atom stereocenters. The van der Waals surface area contributed by atoms with Gasteiger partial charge in [-0.1, -0.05) is 12.1 Å². The van der Waals surface area contributed by atoms with E-state index in [-0.39, 0.29) is 5.75 Å². The molecule has 0 unspecified atom stereocenters. The third-order valence-corrected chi connectivity index (χ3v) is 2.92. The van der Waals surface area contributed by atoms with Crippen LogP contribution in [0.4, 0.5) is 8.78 Å². The van der Waals surface area contributed by atoms with Crippen LogP contribution in [-0.4, -0.2) is 18.7 Å². The number of halogens is 2. The fourth-order valence-electron chi connectivity index (χ4n) is 1.88. The standard InChI is InChI=1S/C12H16F2N2O/c13-12(14)17-11-3-1-8(2-4-11)7-16-10-5-9(15)6-10/h1-4,9-10,12,16H,5-7,15H2. The van der Waals surface area contributed by atoms with Gasteiger partial charge in [-0.2, -0.15) is 8.78 Å². The highest BCUT2D eigenvalue weighted by Crippen LogP contribution is 2.19. The average Bonchev–Trinajstić information content (AvgIpc) is 2.24. The van der Waals surface area contributed by atoms with Crippen LogP contribution in [0.5, 0.6) is 5.75 Å². The van der Waals surface area contributed by atoms with Crippen molar-refractivity contribution in [3.8, 4) is 5.75 Å². The minimum absolute atomic E-state index is 0.189. The molecule has 0 radical (unpaired) electrons. The van der Waals surface area contributed by atoms with Gasteiger partial charge in [0.2, 0.25) is 0 Å². The maximum absolute atomic E-state index is 11.9. The molecule has 0 spiro atoms. The van der Waals surface area contributed by atoms with Crippen LogP contribution in [0.15, 0.2) is 24.3 Å². The van der Waals surface area contributed by atoms with Crippen LogP contribution in [0.2, 0.25) is 0 Å². The van der Waals surface area contributed by atoms with Gasteiger partial charge in [-0.15, -0.1) is 0 Å². The van der Waals surface area contributed by atoms with E-state index in [9.17, 15) is 8.78 Å². The first-order valence-electron chi connectivity index (χ1n) is 5.66. The van der Waals surface area contributed by atoms with Crippen molar-refractivity contribution in [1.82, 2.24) is 5.32 Å². The number of ether oxygens (including phenoxy) is 1. The summed E-state index contributed by atoms with van der Waals surface area (Å²) in [5.41, 5.74) is 6.72. The van der Waals surface area contributed by atoms with E-state index in [0.29, 0.717) is 12.1 Å². The quantitative estimate of drug-likeness (QED) is 0.828. The molecule has 0 aliphatic heterocycles. The molecular weight excluding hydrogens is 226 g/mol. The maximum Gasteiger partial charge on any atom is 0.387 e. The van der Waals surface area contributed by atoms with Crippen LogP contribution in [0.1, 0.15) is 18.4 Å². The maximum atomic E-state index is 11.9. The van der Waals surface area contributed by atoms with Gasteiger partial charge in [0, 0.05) is 18.6 Å². The van der Waals surface area contributed by atoms with Gasteiger partial charge in [0.25, 0.3) is 0 Å². The summed E-state index contributed by atoms with van der Waals surface area (Å²) >= 11 is 0. The molecule has 1 fully saturated rings. The number of rotatable bonds is 5. The smallest absolute Gasteiger partial charge is 0.387 e. The Morgan fingerprint density at radius 1 is 1.29 bits per heavy atom. The third kappa shape index (κ3) is 3.64. The third-order valence-electron chi connectivity index (χ3n) is 2.92. The molecule has 0 amide bonds. The van der Waals surface area contributed by atoms with Gasteiger partial charge in [-0.3, -0.25) is 0 Å². The normalized spacial score (nSPS) is 23.5. The number of hydrogen-bond acceptors (Lipinski definition) is 3. The van der Waals surface area contributed by atoms with Gasteiger partial charge in [0.1, 0.15) is 5.75 Å². The first kappa shape index (κ1) is 12.3. The fourth-order valence-corrected chi connectivity index (χ4v) is 1.88. The predicted octanol–water partition coefficient (Wildman–Crippen LogP) is 1.87. The van der Waals surface area contributed by atoms with E-state index in [2.05, 4.69) is 10.1 Å². The van der Waals surface area contributed by atoms with Crippen LogP contribution < -0.4 is 15.8 Å². The molecule has 0 saturated heterocycles. The van der Waals surface area contributed by atoms with Crippen molar-refractivity contribution in [2.45, 2.75) is 38.1 Å². The van der Waals surface area contributed by atoms with E-state index in [0.717, 1.165) is 24.9 Å². The predicted molar refractivity (Wildman–Crippen MR) is 60.9 cm³/mol. The van der Waals surface area contributed by atoms with E-state index in [4.69, 9.17) is 5.73 Å². The van der Waals surface area contributed by atoms with Crippen LogP contribution >= 0.6 is 0 Å². The lowest BCUT2D eigenvalue weighted by Gasteiger charge is -2.33. The molecule has 17 heavy (non-hydrogen) atoms. The number of hydrogen-bond donors (Lipinski definition) is 2. The second-order valence-electron chi connectivity index (χ2n) is 4.33. The van der Waals surface area contributed by atoms with E-state index >= 15 is 0 Å². The lowest BCUT2D eigenvalue weighted by molar-refractivity contribution is -0.0498. The fraction of sp³-hybridized carbons (Fsp3) is 0.500. The summed E-state index contributed by atoms with van der Waals surface area (Å²) in [6.45, 7) is -2.04. The Bertz CT molecular complexity index is 350. The first-order chi connectivity index (χ1) is 8.13. The topological polar surface area (TPSA) is 47.3 Å². The molecule has 2 rings (SSSR count). The lowest BCUT2D eigenvalue weighted by atomic mass is 9.87. The van der Waals surface area contributed by atoms with Gasteiger partial charge in [-0.25, -0.2) is 0 Å². The average molecular weight is 242 g/mol. The minimum atomic E-state index is -2.77. The molecule has 1 aliphatic carbocycles. The summed E-state index contributed by atoms with van der Waals surface area (Å²) < 4.78 is 28.1. The van der Waals surface area contributed by atoms with Gasteiger partial charge >= 0.3 is 6.61 Å². The van der Waals surface area contributed by atoms with Crippen LogP contribution in [0, 0.1) is 0 Å². The Morgan fingerprint density at radius 2 is 1.94 bits per heavy atom. The summed E-state index contributed by atoms with van der Waals surface area (Å²) in [7, 11) is 0. The van der Waals surface area contributed by atoms with Crippen molar-refractivity contribution in [3.63, 3.8) is 0 Å².